The molecule has 2 unspecified atom stereocenters. The molecule has 176 valence electrons. The molecule has 5 rings (SSSR count). The minimum absolute atomic E-state index is 0.000117. The van der Waals surface area contributed by atoms with Gasteiger partial charge in [-0.25, -0.2) is 13.4 Å². The Hall–Kier alpha value is -3.30. The van der Waals surface area contributed by atoms with Crippen LogP contribution in [0.2, 0.25) is 0 Å². The highest BCUT2D eigenvalue weighted by molar-refractivity contribution is 7.89. The Balaban J connectivity index is 1.40. The fourth-order valence-corrected chi connectivity index (χ4v) is 5.42. The van der Waals surface area contributed by atoms with Gasteiger partial charge in [0.2, 0.25) is 0 Å². The average molecular weight is 481 g/mol. The maximum absolute atomic E-state index is 12.9. The zero-order valence-electron chi connectivity index (χ0n) is 18.3. The highest BCUT2D eigenvalue weighted by Gasteiger charge is 2.26. The summed E-state index contributed by atoms with van der Waals surface area (Å²) in [5.74, 6) is 0. The Bertz CT molecular complexity index is 1360. The number of fused-ring (bicyclic) bond motifs is 1. The number of ether oxygens (including phenoxy) is 1. The molecule has 3 heterocycles. The smallest absolute Gasteiger partial charge is 0.263 e. The van der Waals surface area contributed by atoms with E-state index in [4.69, 9.17) is 4.74 Å². The van der Waals surface area contributed by atoms with Crippen LogP contribution in [0.4, 0.5) is 5.69 Å². The highest BCUT2D eigenvalue weighted by Crippen LogP contribution is 2.37. The van der Waals surface area contributed by atoms with E-state index >= 15 is 0 Å². The Morgan fingerprint density at radius 3 is 2.94 bits per heavy atom. The number of nitriles is 1. The molecule has 0 amide bonds. The van der Waals surface area contributed by atoms with Crippen LogP contribution >= 0.6 is 0 Å². The number of rotatable bonds is 7. The maximum atomic E-state index is 12.9. The van der Waals surface area contributed by atoms with Crippen LogP contribution < -0.4 is 10.0 Å². The van der Waals surface area contributed by atoms with E-state index < -0.39 is 16.4 Å². The van der Waals surface area contributed by atoms with E-state index in [9.17, 15) is 18.8 Å². The van der Waals surface area contributed by atoms with Crippen LogP contribution in [0.1, 0.15) is 35.7 Å². The average Bonchev–Trinajstić information content (AvgIpc) is 3.60. The lowest BCUT2D eigenvalue weighted by Crippen LogP contribution is -2.40. The predicted molar refractivity (Wildman–Crippen MR) is 123 cm³/mol. The molecule has 10 nitrogen and oxygen atoms in total. The van der Waals surface area contributed by atoms with Gasteiger partial charge in [-0.1, -0.05) is 12.1 Å². The maximum Gasteiger partial charge on any atom is 0.263 e. The summed E-state index contributed by atoms with van der Waals surface area (Å²) in [6.45, 7) is 1.10. The van der Waals surface area contributed by atoms with E-state index in [1.165, 1.54) is 6.07 Å². The second-order valence-electron chi connectivity index (χ2n) is 8.34. The number of aliphatic hydroxyl groups is 1. The lowest BCUT2D eigenvalue weighted by atomic mass is 9.97. The summed E-state index contributed by atoms with van der Waals surface area (Å²) in [5.41, 5.74) is 4.58. The fourth-order valence-electron chi connectivity index (χ4n) is 4.50. The number of aryl methyl sites for hydroxylation is 1. The van der Waals surface area contributed by atoms with Crippen molar-refractivity contribution in [1.29, 1.82) is 5.26 Å². The summed E-state index contributed by atoms with van der Waals surface area (Å²) in [7, 11) is -4.08. The van der Waals surface area contributed by atoms with Gasteiger partial charge in [-0.15, -0.1) is 0 Å². The SMILES string of the molecule is N#Cc1cc(-c2ccc3c(c2NC(O)NS(=O)(=O)c2ccn(C4CCOC4)n2)CCC3)ccn1. The van der Waals surface area contributed by atoms with Crippen molar-refractivity contribution in [2.24, 2.45) is 0 Å². The monoisotopic (exact) mass is 480 g/mol. The molecule has 0 bridgehead atoms. The van der Waals surface area contributed by atoms with E-state index in [1.807, 2.05) is 18.2 Å². The van der Waals surface area contributed by atoms with Crippen LogP contribution in [0.25, 0.3) is 11.1 Å². The summed E-state index contributed by atoms with van der Waals surface area (Å²) in [6.07, 6.45) is 5.01. The van der Waals surface area contributed by atoms with Crippen molar-refractivity contribution >= 4 is 15.7 Å². The number of hydrogen-bond acceptors (Lipinski definition) is 8. The van der Waals surface area contributed by atoms with Crippen molar-refractivity contribution in [3.63, 3.8) is 0 Å². The van der Waals surface area contributed by atoms with E-state index in [0.717, 1.165) is 47.9 Å². The molecule has 1 aromatic carbocycles. The first-order chi connectivity index (χ1) is 16.4. The summed E-state index contributed by atoms with van der Waals surface area (Å²) >= 11 is 0. The Labute approximate surface area is 197 Å². The second kappa shape index (κ2) is 9.15. The molecule has 34 heavy (non-hydrogen) atoms. The molecule has 0 saturated carbocycles. The van der Waals surface area contributed by atoms with Crippen molar-refractivity contribution in [1.82, 2.24) is 19.5 Å². The standard InChI is InChI=1S/C23H24N6O4S/c24-13-17-12-16(6-9-25-17)20-5-4-15-2-1-3-19(15)22(20)26-23(30)28-34(31,32)21-7-10-29(27-21)18-8-11-33-14-18/h4-7,9-10,12,18,23,26,28,30H,1-3,8,11,14H2. The molecule has 1 aliphatic heterocycles. The van der Waals surface area contributed by atoms with Crippen LogP contribution in [0.15, 0.2) is 47.8 Å². The Morgan fingerprint density at radius 2 is 2.15 bits per heavy atom. The molecule has 2 aromatic heterocycles. The number of benzene rings is 1. The van der Waals surface area contributed by atoms with Gasteiger partial charge < -0.3 is 15.2 Å². The van der Waals surface area contributed by atoms with Gasteiger partial charge in [-0.3, -0.25) is 4.68 Å². The van der Waals surface area contributed by atoms with Crippen LogP contribution in [-0.4, -0.2) is 47.9 Å². The first-order valence-corrected chi connectivity index (χ1v) is 12.5. The zero-order valence-corrected chi connectivity index (χ0v) is 19.1. The van der Waals surface area contributed by atoms with Crippen molar-refractivity contribution in [3.05, 3.63) is 59.5 Å². The molecule has 2 atom stereocenters. The molecule has 2 aliphatic rings. The fraction of sp³-hybridized carbons (Fsp3) is 0.348. The molecule has 0 spiro atoms. The number of aromatic nitrogens is 3. The third-order valence-electron chi connectivity index (χ3n) is 6.16. The summed E-state index contributed by atoms with van der Waals surface area (Å²) in [5, 5.41) is 26.9. The van der Waals surface area contributed by atoms with Gasteiger partial charge >= 0.3 is 0 Å². The first-order valence-electron chi connectivity index (χ1n) is 11.1. The molecule has 1 fully saturated rings. The predicted octanol–water partition coefficient (Wildman–Crippen LogP) is 1.93. The van der Waals surface area contributed by atoms with Gasteiger partial charge in [0.1, 0.15) is 11.8 Å². The van der Waals surface area contributed by atoms with Crippen LogP contribution in [-0.2, 0) is 27.6 Å². The van der Waals surface area contributed by atoms with Gasteiger partial charge in [0.05, 0.1) is 12.6 Å². The highest BCUT2D eigenvalue weighted by atomic mass is 32.2. The first kappa shape index (κ1) is 22.5. The number of sulfonamides is 1. The van der Waals surface area contributed by atoms with Crippen LogP contribution in [0, 0.1) is 11.3 Å². The Kier molecular flexibility index (Phi) is 6.05. The van der Waals surface area contributed by atoms with Gasteiger partial charge in [0, 0.05) is 30.3 Å². The van der Waals surface area contributed by atoms with Gasteiger partial charge in [-0.05, 0) is 60.6 Å². The second-order valence-corrected chi connectivity index (χ2v) is 10.0. The van der Waals surface area contributed by atoms with Crippen molar-refractivity contribution in [2.45, 2.75) is 43.1 Å². The number of hydrogen-bond donors (Lipinski definition) is 3. The van der Waals surface area contributed by atoms with E-state index in [-0.39, 0.29) is 16.8 Å². The number of pyridine rings is 1. The molecule has 3 aromatic rings. The lowest BCUT2D eigenvalue weighted by molar-refractivity contribution is 0.184. The minimum Gasteiger partial charge on any atom is -0.379 e. The molecule has 3 N–H and O–H groups in total. The Morgan fingerprint density at radius 1 is 1.26 bits per heavy atom. The normalized spacial score (nSPS) is 18.4. The molecule has 0 radical (unpaired) electrons. The molecule has 1 saturated heterocycles. The summed E-state index contributed by atoms with van der Waals surface area (Å²) < 4.78 is 34.9. The van der Waals surface area contributed by atoms with E-state index in [2.05, 4.69) is 20.1 Å². The van der Waals surface area contributed by atoms with Gasteiger partial charge in [-0.2, -0.15) is 15.1 Å². The third-order valence-corrected chi connectivity index (χ3v) is 7.46. The van der Waals surface area contributed by atoms with E-state index in [0.29, 0.717) is 18.9 Å². The van der Waals surface area contributed by atoms with E-state index in [1.54, 1.807) is 29.2 Å². The van der Waals surface area contributed by atoms with Crippen LogP contribution in [0.3, 0.4) is 0 Å². The quantitative estimate of drug-likeness (QED) is 0.436. The molecular formula is C23H24N6O4S. The minimum atomic E-state index is -4.08. The number of nitrogens with one attached hydrogen (secondary N) is 2. The van der Waals surface area contributed by atoms with Crippen molar-refractivity contribution < 1.29 is 18.3 Å². The number of nitrogens with zero attached hydrogens (tertiary/aromatic N) is 4. The van der Waals surface area contributed by atoms with Crippen molar-refractivity contribution in [2.75, 3.05) is 18.5 Å². The summed E-state index contributed by atoms with van der Waals surface area (Å²) in [4.78, 5) is 4.02. The van der Waals surface area contributed by atoms with Gasteiger partial charge in [0.15, 0.2) is 11.4 Å². The number of aliphatic hydroxyl groups excluding tert-OH is 1. The third kappa shape index (κ3) is 4.41. The lowest BCUT2D eigenvalue weighted by Gasteiger charge is -2.21. The molecular weight excluding hydrogens is 456 g/mol. The van der Waals surface area contributed by atoms with Crippen LogP contribution in [0.5, 0.6) is 0 Å². The largest absolute Gasteiger partial charge is 0.379 e. The number of anilines is 1. The molecule has 11 heteroatoms. The summed E-state index contributed by atoms with van der Waals surface area (Å²) in [6, 6.07) is 10.8. The zero-order chi connectivity index (χ0) is 23.7. The topological polar surface area (TPSA) is 142 Å². The van der Waals surface area contributed by atoms with Gasteiger partial charge in [0.25, 0.3) is 10.0 Å². The van der Waals surface area contributed by atoms with Crippen molar-refractivity contribution in [3.8, 4) is 17.2 Å². The molecule has 1 aliphatic carbocycles.